The third-order valence-corrected chi connectivity index (χ3v) is 4.34. The average molecular weight is 317 g/mol. The number of aromatic nitrogens is 4. The Morgan fingerprint density at radius 3 is 2.86 bits per heavy atom. The van der Waals surface area contributed by atoms with E-state index in [0.29, 0.717) is 6.54 Å². The van der Waals surface area contributed by atoms with Crippen molar-refractivity contribution in [3.8, 4) is 0 Å². The molecule has 0 radical (unpaired) electrons. The molecule has 6 nitrogen and oxygen atoms in total. The van der Waals surface area contributed by atoms with Crippen molar-refractivity contribution in [3.05, 3.63) is 51.1 Å². The summed E-state index contributed by atoms with van der Waals surface area (Å²) in [6.07, 6.45) is 1.76. The van der Waals surface area contributed by atoms with Crippen LogP contribution in [0.2, 0.25) is 0 Å². The zero-order chi connectivity index (χ0) is 15.7. The summed E-state index contributed by atoms with van der Waals surface area (Å²) in [6.45, 7) is 6.40. The fourth-order valence-corrected chi connectivity index (χ4v) is 3.23. The van der Waals surface area contributed by atoms with Crippen LogP contribution < -0.4 is 5.56 Å². The molecule has 7 heteroatoms. The summed E-state index contributed by atoms with van der Waals surface area (Å²) in [6, 6.07) is 3.69. The minimum atomic E-state index is -0.0202. The van der Waals surface area contributed by atoms with Crippen LogP contribution in [0.1, 0.15) is 17.1 Å². The monoisotopic (exact) mass is 317 g/mol. The smallest absolute Gasteiger partial charge is 0.258 e. The van der Waals surface area contributed by atoms with Crippen molar-refractivity contribution in [2.75, 3.05) is 13.6 Å². The van der Waals surface area contributed by atoms with Gasteiger partial charge in [0.1, 0.15) is 0 Å². The number of rotatable bonds is 5. The highest BCUT2D eigenvalue weighted by molar-refractivity contribution is 7.15. The number of fused-ring (bicyclic) bond motifs is 1. The molecule has 0 unspecified atom stereocenters. The van der Waals surface area contributed by atoms with Gasteiger partial charge in [0, 0.05) is 36.4 Å². The van der Waals surface area contributed by atoms with Gasteiger partial charge < -0.3 is 0 Å². The Kier molecular flexibility index (Phi) is 4.08. The maximum absolute atomic E-state index is 12.0. The molecule has 0 saturated carbocycles. The fourth-order valence-electron chi connectivity index (χ4n) is 2.49. The molecule has 0 fully saturated rings. The van der Waals surface area contributed by atoms with E-state index in [4.69, 9.17) is 0 Å². The Hall–Kier alpha value is -1.99. The summed E-state index contributed by atoms with van der Waals surface area (Å²) < 4.78 is 3.58. The van der Waals surface area contributed by atoms with E-state index in [9.17, 15) is 4.79 Å². The predicted octanol–water partition coefficient (Wildman–Crippen LogP) is 1.70. The fraction of sp³-hybridized carbons (Fsp3) is 0.400. The molecule has 3 heterocycles. The van der Waals surface area contributed by atoms with Crippen LogP contribution in [0.15, 0.2) is 28.5 Å². The molecule has 0 aromatic carbocycles. The number of nitrogens with zero attached hydrogens (tertiary/aromatic N) is 5. The van der Waals surface area contributed by atoms with Crippen LogP contribution in [0.25, 0.3) is 4.96 Å². The second-order valence-corrected chi connectivity index (χ2v) is 6.40. The van der Waals surface area contributed by atoms with Crippen molar-refractivity contribution in [1.29, 1.82) is 0 Å². The number of aryl methyl sites for hydroxylation is 2. The van der Waals surface area contributed by atoms with Crippen LogP contribution >= 0.6 is 11.3 Å². The quantitative estimate of drug-likeness (QED) is 0.719. The van der Waals surface area contributed by atoms with Crippen molar-refractivity contribution in [2.45, 2.75) is 26.9 Å². The van der Waals surface area contributed by atoms with Crippen LogP contribution in [-0.4, -0.2) is 37.7 Å². The van der Waals surface area contributed by atoms with Gasteiger partial charge in [-0.05, 0) is 27.0 Å². The van der Waals surface area contributed by atoms with Gasteiger partial charge in [0.05, 0.1) is 17.9 Å². The molecule has 0 aliphatic rings. The van der Waals surface area contributed by atoms with Crippen LogP contribution in [-0.2, 0) is 13.1 Å². The maximum atomic E-state index is 12.0. The van der Waals surface area contributed by atoms with E-state index < -0.39 is 0 Å². The van der Waals surface area contributed by atoms with Gasteiger partial charge in [-0.3, -0.25) is 18.8 Å². The Labute approximate surface area is 132 Å². The van der Waals surface area contributed by atoms with E-state index in [0.717, 1.165) is 29.4 Å². The van der Waals surface area contributed by atoms with Crippen molar-refractivity contribution >= 4 is 16.3 Å². The molecule has 3 aromatic rings. The van der Waals surface area contributed by atoms with Gasteiger partial charge in [0.2, 0.25) is 0 Å². The van der Waals surface area contributed by atoms with Crippen LogP contribution in [0.3, 0.4) is 0 Å². The second kappa shape index (κ2) is 6.02. The molecule has 0 atom stereocenters. The zero-order valence-electron chi connectivity index (χ0n) is 13.0. The molecule has 0 saturated heterocycles. The highest BCUT2D eigenvalue weighted by Gasteiger charge is 2.07. The maximum Gasteiger partial charge on any atom is 0.258 e. The molecular weight excluding hydrogens is 298 g/mol. The third-order valence-electron chi connectivity index (χ3n) is 3.59. The molecule has 3 aromatic heterocycles. The second-order valence-electron chi connectivity index (χ2n) is 5.53. The predicted molar refractivity (Wildman–Crippen MR) is 87.4 cm³/mol. The summed E-state index contributed by atoms with van der Waals surface area (Å²) in [5.74, 6) is 0. The summed E-state index contributed by atoms with van der Waals surface area (Å²) in [7, 11) is 2.03. The topological polar surface area (TPSA) is 55.4 Å². The number of likely N-dealkylation sites (N-methyl/N-ethyl adjacent to an activating group) is 1. The highest BCUT2D eigenvalue weighted by atomic mass is 32.1. The minimum Gasteiger partial charge on any atom is -0.299 e. The zero-order valence-corrected chi connectivity index (χ0v) is 13.8. The lowest BCUT2D eigenvalue weighted by molar-refractivity contribution is 0.300. The van der Waals surface area contributed by atoms with Gasteiger partial charge in [-0.25, -0.2) is 4.98 Å². The molecular formula is C15H19N5OS. The van der Waals surface area contributed by atoms with Crippen molar-refractivity contribution in [1.82, 2.24) is 24.1 Å². The molecule has 22 heavy (non-hydrogen) atoms. The van der Waals surface area contributed by atoms with E-state index in [1.165, 1.54) is 17.0 Å². The first-order valence-corrected chi connectivity index (χ1v) is 8.06. The van der Waals surface area contributed by atoms with Crippen LogP contribution in [0.4, 0.5) is 0 Å². The molecule has 0 spiro atoms. The molecule has 0 bridgehead atoms. The lowest BCUT2D eigenvalue weighted by atomic mass is 10.3. The highest BCUT2D eigenvalue weighted by Crippen LogP contribution is 2.08. The number of hydrogen-bond donors (Lipinski definition) is 0. The van der Waals surface area contributed by atoms with Gasteiger partial charge in [0.15, 0.2) is 4.96 Å². The van der Waals surface area contributed by atoms with Gasteiger partial charge in [-0.2, -0.15) is 5.10 Å². The average Bonchev–Trinajstić information content (AvgIpc) is 3.03. The number of hydrogen-bond acceptors (Lipinski definition) is 5. The molecule has 0 N–H and O–H groups in total. The molecule has 3 rings (SSSR count). The Morgan fingerprint density at radius 1 is 1.32 bits per heavy atom. The summed E-state index contributed by atoms with van der Waals surface area (Å²) >= 11 is 1.48. The standard InChI is InChI=1S/C15H19N5OS/c1-11-8-12(2)20(17-11)5-4-18(3)10-13-9-14(21)19-6-7-22-15(19)16-13/h6-9H,4-5,10H2,1-3H3. The summed E-state index contributed by atoms with van der Waals surface area (Å²) in [4.78, 5) is 19.4. The molecule has 116 valence electrons. The minimum absolute atomic E-state index is 0.0202. The molecule has 0 aliphatic heterocycles. The first-order valence-electron chi connectivity index (χ1n) is 7.18. The lowest BCUT2D eigenvalue weighted by Gasteiger charge is -2.16. The summed E-state index contributed by atoms with van der Waals surface area (Å²) in [5, 5.41) is 6.34. The van der Waals surface area contributed by atoms with E-state index in [1.54, 1.807) is 16.7 Å². The normalized spacial score (nSPS) is 11.6. The Morgan fingerprint density at radius 2 is 2.14 bits per heavy atom. The van der Waals surface area contributed by atoms with E-state index in [2.05, 4.69) is 28.0 Å². The first-order chi connectivity index (χ1) is 10.5. The van der Waals surface area contributed by atoms with E-state index in [-0.39, 0.29) is 5.56 Å². The van der Waals surface area contributed by atoms with Crippen molar-refractivity contribution in [2.24, 2.45) is 0 Å². The Balaban J connectivity index is 1.66. The summed E-state index contributed by atoms with van der Waals surface area (Å²) in [5.41, 5.74) is 3.00. The van der Waals surface area contributed by atoms with Crippen LogP contribution in [0.5, 0.6) is 0 Å². The largest absolute Gasteiger partial charge is 0.299 e. The lowest BCUT2D eigenvalue weighted by Crippen LogP contribution is -2.25. The van der Waals surface area contributed by atoms with E-state index >= 15 is 0 Å². The van der Waals surface area contributed by atoms with Gasteiger partial charge in [-0.1, -0.05) is 0 Å². The Bertz CT molecular complexity index is 847. The number of thiazole rings is 1. The van der Waals surface area contributed by atoms with Crippen molar-refractivity contribution in [3.63, 3.8) is 0 Å². The van der Waals surface area contributed by atoms with Gasteiger partial charge in [-0.15, -0.1) is 11.3 Å². The SMILES string of the molecule is Cc1cc(C)n(CCN(C)Cc2cc(=O)n3ccsc3n2)n1. The third kappa shape index (κ3) is 3.10. The van der Waals surface area contributed by atoms with Crippen molar-refractivity contribution < 1.29 is 0 Å². The van der Waals surface area contributed by atoms with Gasteiger partial charge >= 0.3 is 0 Å². The molecule has 0 amide bonds. The first kappa shape index (κ1) is 14.9. The molecule has 0 aliphatic carbocycles. The van der Waals surface area contributed by atoms with Crippen LogP contribution in [0, 0.1) is 13.8 Å². The van der Waals surface area contributed by atoms with Gasteiger partial charge in [0.25, 0.3) is 5.56 Å². The van der Waals surface area contributed by atoms with E-state index in [1.807, 2.05) is 24.0 Å².